The van der Waals surface area contributed by atoms with Crippen molar-refractivity contribution in [1.82, 2.24) is 9.13 Å². The molecule has 0 amide bonds. The number of nitriles is 1. The zero-order valence-corrected chi connectivity index (χ0v) is 37.5. The van der Waals surface area contributed by atoms with Gasteiger partial charge in [0, 0.05) is 63.6 Å². The van der Waals surface area contributed by atoms with Crippen LogP contribution in [-0.2, 0) is 0 Å². The number of hydrogen-bond acceptors (Lipinski definition) is 3. The van der Waals surface area contributed by atoms with Crippen LogP contribution in [0.2, 0.25) is 0 Å². The number of aromatic nitrogens is 2. The van der Waals surface area contributed by atoms with E-state index >= 15 is 0 Å². The Kier molecular flexibility index (Phi) is 7.05. The van der Waals surface area contributed by atoms with Gasteiger partial charge in [-0.25, -0.2) is 4.85 Å². The molecule has 15 rings (SSSR count). The first kappa shape index (κ1) is 34.6. The molecule has 6 heteroatoms. The molecule has 0 aliphatic rings. The molecule has 0 saturated heterocycles. The summed E-state index contributed by atoms with van der Waals surface area (Å²) >= 11 is 3.49. The molecule has 0 spiro atoms. The first-order valence-electron chi connectivity index (χ1n) is 23.9. The van der Waals surface area contributed by atoms with Gasteiger partial charge in [0.15, 0.2) is 0 Å². The van der Waals surface area contributed by atoms with Gasteiger partial charge in [0.05, 0.1) is 59.1 Å². The van der Waals surface area contributed by atoms with Crippen LogP contribution in [0.4, 0.5) is 5.69 Å². The van der Waals surface area contributed by atoms with Crippen LogP contribution in [0, 0.1) is 17.9 Å². The standard InChI is InChI=1S/C62H32N4S2/c1-64-56-52(35-16-4-2-5-17-35)47(34-63)57(53(36-18-6-3-7-19-36)60(56)65-48-26-14-24-41-37-20-8-9-21-38(37)42-25-15-27-49(65)55(42)54(41)48)66-58-43(30-32-45-39-22-10-12-28-50(39)67-61(45)58)44-31-33-46-40-23-11-13-29-51(40)68-62(46)59(44)66/h2-33H/i14D,24D,26D. The number of benzene rings is 11. The van der Waals surface area contributed by atoms with Crippen LogP contribution in [0.3, 0.4) is 0 Å². The van der Waals surface area contributed by atoms with Gasteiger partial charge >= 0.3 is 0 Å². The van der Waals surface area contributed by atoms with Gasteiger partial charge in [-0.3, -0.25) is 0 Å². The second kappa shape index (κ2) is 13.9. The van der Waals surface area contributed by atoms with Crippen LogP contribution in [0.15, 0.2) is 194 Å². The largest absolute Gasteiger partial charge is 0.318 e. The van der Waals surface area contributed by atoms with Crippen molar-refractivity contribution in [3.63, 3.8) is 0 Å². The number of fused-ring (bicyclic) bond motifs is 14. The second-order valence-corrected chi connectivity index (χ2v) is 19.5. The van der Waals surface area contributed by atoms with E-state index < -0.39 is 0 Å². The highest BCUT2D eigenvalue weighted by atomic mass is 32.1. The molecule has 0 bridgehead atoms. The van der Waals surface area contributed by atoms with Crippen LogP contribution in [0.1, 0.15) is 9.68 Å². The van der Waals surface area contributed by atoms with Crippen molar-refractivity contribution in [2.24, 2.45) is 0 Å². The van der Waals surface area contributed by atoms with Crippen LogP contribution in [0.5, 0.6) is 0 Å². The summed E-state index contributed by atoms with van der Waals surface area (Å²) in [4.78, 5) is 4.51. The Balaban J connectivity index is 1.28. The monoisotopic (exact) mass is 899 g/mol. The average Bonchev–Trinajstić information content (AvgIpc) is 4.18. The molecule has 11 aromatic carbocycles. The molecule has 0 fully saturated rings. The van der Waals surface area contributed by atoms with Gasteiger partial charge in [-0.2, -0.15) is 5.26 Å². The van der Waals surface area contributed by atoms with E-state index in [-0.39, 0.29) is 23.8 Å². The molecule has 68 heavy (non-hydrogen) atoms. The third kappa shape index (κ3) is 4.79. The summed E-state index contributed by atoms with van der Waals surface area (Å²) in [6.45, 7) is 9.39. The molecular formula is C62H32N4S2. The molecule has 4 nitrogen and oxygen atoms in total. The third-order valence-corrected chi connectivity index (χ3v) is 16.5. The predicted octanol–water partition coefficient (Wildman–Crippen LogP) is 18.1. The fraction of sp³-hybridized carbons (Fsp3) is 0. The zero-order valence-electron chi connectivity index (χ0n) is 38.8. The predicted molar refractivity (Wildman–Crippen MR) is 289 cm³/mol. The topological polar surface area (TPSA) is 38.0 Å². The highest BCUT2D eigenvalue weighted by Crippen LogP contribution is 2.55. The van der Waals surface area contributed by atoms with Crippen LogP contribution in [0.25, 0.3) is 144 Å². The highest BCUT2D eigenvalue weighted by molar-refractivity contribution is 7.27. The van der Waals surface area contributed by atoms with E-state index in [1.54, 1.807) is 22.7 Å². The van der Waals surface area contributed by atoms with E-state index in [0.29, 0.717) is 49.9 Å². The molecule has 4 heterocycles. The maximum Gasteiger partial charge on any atom is 0.220 e. The average molecular weight is 900 g/mol. The molecule has 0 unspecified atom stereocenters. The minimum Gasteiger partial charge on any atom is -0.318 e. The van der Waals surface area contributed by atoms with Crippen molar-refractivity contribution in [3.05, 3.63) is 211 Å². The van der Waals surface area contributed by atoms with Crippen LogP contribution in [-0.4, -0.2) is 9.13 Å². The molecule has 0 radical (unpaired) electrons. The van der Waals surface area contributed by atoms with Gasteiger partial charge in [0.1, 0.15) is 6.07 Å². The summed E-state index contributed by atoms with van der Waals surface area (Å²) in [7, 11) is 0. The minimum atomic E-state index is -0.195. The van der Waals surface area contributed by atoms with Crippen LogP contribution >= 0.6 is 22.7 Å². The van der Waals surface area contributed by atoms with Crippen molar-refractivity contribution in [2.45, 2.75) is 0 Å². The third-order valence-electron chi connectivity index (χ3n) is 14.1. The Morgan fingerprint density at radius 3 is 1.57 bits per heavy atom. The molecule has 0 aliphatic heterocycles. The lowest BCUT2D eigenvalue weighted by molar-refractivity contribution is 1.14. The van der Waals surface area contributed by atoms with Crippen molar-refractivity contribution < 1.29 is 4.11 Å². The molecule has 4 aromatic heterocycles. The summed E-state index contributed by atoms with van der Waals surface area (Å²) in [5.41, 5.74) is 7.43. The van der Waals surface area contributed by atoms with Crippen molar-refractivity contribution in [2.75, 3.05) is 0 Å². The van der Waals surface area contributed by atoms with Gasteiger partial charge in [-0.1, -0.05) is 170 Å². The Hall–Kier alpha value is -8.78. The van der Waals surface area contributed by atoms with Gasteiger partial charge in [-0.15, -0.1) is 22.7 Å². The Labute approximate surface area is 401 Å². The molecule has 0 aliphatic carbocycles. The minimum absolute atomic E-state index is 0.00679. The summed E-state index contributed by atoms with van der Waals surface area (Å²) in [6.07, 6.45) is 0. The van der Waals surface area contributed by atoms with Crippen molar-refractivity contribution in [3.8, 4) is 39.7 Å². The fourth-order valence-corrected chi connectivity index (χ4v) is 13.9. The molecule has 0 saturated carbocycles. The zero-order chi connectivity index (χ0) is 47.4. The first-order chi connectivity index (χ1) is 35.0. The molecular weight excluding hydrogens is 865 g/mol. The highest BCUT2D eigenvalue weighted by Gasteiger charge is 2.33. The van der Waals surface area contributed by atoms with E-state index in [4.69, 9.17) is 0 Å². The molecule has 15 aromatic rings. The normalized spacial score (nSPS) is 12.7. The Morgan fingerprint density at radius 2 is 0.971 bits per heavy atom. The number of thiophene rings is 2. The maximum absolute atomic E-state index is 12.2. The Morgan fingerprint density at radius 1 is 0.456 bits per heavy atom. The first-order valence-corrected chi connectivity index (χ1v) is 24.1. The maximum atomic E-state index is 12.2. The van der Waals surface area contributed by atoms with E-state index in [1.807, 2.05) is 83.4 Å². The summed E-state index contributed by atoms with van der Waals surface area (Å²) < 4.78 is 37.8. The Bertz CT molecular complexity index is 4810. The number of hydrogen-bond donors (Lipinski definition) is 0. The lowest BCUT2D eigenvalue weighted by Crippen LogP contribution is -2.09. The quantitative estimate of drug-likeness (QED) is 0.128. The number of nitrogens with zero attached hydrogens (tertiary/aromatic N) is 4. The van der Waals surface area contributed by atoms with Gasteiger partial charge < -0.3 is 9.13 Å². The lowest BCUT2D eigenvalue weighted by atomic mass is 9.88. The van der Waals surface area contributed by atoms with Gasteiger partial charge in [0.25, 0.3) is 0 Å². The molecule has 312 valence electrons. The lowest BCUT2D eigenvalue weighted by Gasteiger charge is -2.26. The van der Waals surface area contributed by atoms with Gasteiger partial charge in [-0.05, 0) is 56.9 Å². The van der Waals surface area contributed by atoms with Crippen molar-refractivity contribution in [1.29, 1.82) is 5.26 Å². The van der Waals surface area contributed by atoms with Crippen LogP contribution < -0.4 is 0 Å². The molecule has 0 N–H and O–H groups in total. The van der Waals surface area contributed by atoms with E-state index in [2.05, 4.69) is 113 Å². The summed E-state index contributed by atoms with van der Waals surface area (Å²) in [6, 6.07) is 62.5. The number of rotatable bonds is 4. The summed E-state index contributed by atoms with van der Waals surface area (Å²) in [5.74, 6) is 0. The van der Waals surface area contributed by atoms with E-state index in [9.17, 15) is 15.9 Å². The SMILES string of the molecule is [2H]c1c([2H])c2c3ccccc3c3cccc4c3c2c(c1[2H])n4-c1c([N+]#[C-])c(-c2ccccc2)c(C#N)c(-n2c3c(ccc4c5ccccc5sc43)c3ccc4c5ccccc5sc4c32)c1-c1ccccc1. The van der Waals surface area contributed by atoms with E-state index in [1.165, 1.54) is 0 Å². The van der Waals surface area contributed by atoms with Gasteiger partial charge in [0.2, 0.25) is 5.69 Å². The van der Waals surface area contributed by atoms with Crippen molar-refractivity contribution >= 4 is 134 Å². The smallest absolute Gasteiger partial charge is 0.220 e. The van der Waals surface area contributed by atoms with E-state index in [0.717, 1.165) is 94.8 Å². The molecule has 0 atom stereocenters. The summed E-state index contributed by atoms with van der Waals surface area (Å²) in [5, 5.41) is 23.7. The fourth-order valence-electron chi connectivity index (χ4n) is 11.4. The second-order valence-electron chi connectivity index (χ2n) is 17.4.